The van der Waals surface area contributed by atoms with E-state index in [2.05, 4.69) is 137 Å². The van der Waals surface area contributed by atoms with Crippen LogP contribution in [-0.4, -0.2) is 9.55 Å². The Kier molecular flexibility index (Phi) is 5.46. The Morgan fingerprint density at radius 1 is 0.639 bits per heavy atom. The Bertz CT molecular complexity index is 1700. The lowest BCUT2D eigenvalue weighted by atomic mass is 9.97. The summed E-state index contributed by atoms with van der Waals surface area (Å²) in [6.45, 7) is 4.21. The van der Waals surface area contributed by atoms with Crippen LogP contribution < -0.4 is 4.57 Å². The number of rotatable bonds is 4. The molecule has 0 radical (unpaired) electrons. The molecule has 4 aromatic carbocycles. The van der Waals surface area contributed by atoms with Gasteiger partial charge in [0.25, 0.3) is 5.82 Å². The maximum Gasteiger partial charge on any atom is 0.296 e. The van der Waals surface area contributed by atoms with Crippen molar-refractivity contribution in [3.05, 3.63) is 127 Å². The van der Waals surface area contributed by atoms with E-state index < -0.39 is 0 Å². The van der Waals surface area contributed by atoms with Crippen LogP contribution in [0.1, 0.15) is 11.3 Å². The first-order valence-electron chi connectivity index (χ1n) is 12.3. The van der Waals surface area contributed by atoms with Gasteiger partial charge in [0, 0.05) is 17.5 Å². The van der Waals surface area contributed by atoms with Crippen molar-refractivity contribution in [2.45, 2.75) is 13.8 Å². The normalized spacial score (nSPS) is 11.2. The van der Waals surface area contributed by atoms with E-state index in [0.717, 1.165) is 22.8 Å². The van der Waals surface area contributed by atoms with Gasteiger partial charge < -0.3 is 0 Å². The molecule has 0 bridgehead atoms. The summed E-state index contributed by atoms with van der Waals surface area (Å²) in [5.41, 5.74) is 11.7. The number of hydrogen-bond acceptors (Lipinski definition) is 1. The van der Waals surface area contributed by atoms with Crippen molar-refractivity contribution in [2.24, 2.45) is 7.05 Å². The molecule has 0 aliphatic heterocycles. The number of nitrogens with zero attached hydrogens (tertiary/aromatic N) is 3. The second-order valence-electron chi connectivity index (χ2n) is 9.31. The molecular weight excluding hydrogens is 438 g/mol. The minimum absolute atomic E-state index is 1.03. The zero-order valence-corrected chi connectivity index (χ0v) is 20.8. The molecule has 0 spiro atoms. The summed E-state index contributed by atoms with van der Waals surface area (Å²) in [7, 11) is 2.15. The highest BCUT2D eigenvalue weighted by atomic mass is 15.2. The van der Waals surface area contributed by atoms with Crippen LogP contribution in [0, 0.1) is 13.8 Å². The van der Waals surface area contributed by atoms with Gasteiger partial charge in [-0.3, -0.25) is 4.98 Å². The van der Waals surface area contributed by atoms with Gasteiger partial charge in [0.1, 0.15) is 5.69 Å². The zero-order chi connectivity index (χ0) is 24.6. The van der Waals surface area contributed by atoms with E-state index >= 15 is 0 Å². The van der Waals surface area contributed by atoms with Crippen LogP contribution in [0.3, 0.4) is 0 Å². The molecule has 0 unspecified atom stereocenters. The summed E-state index contributed by atoms with van der Waals surface area (Å²) in [5.74, 6) is 1.12. The molecule has 3 nitrogen and oxygen atoms in total. The molecule has 0 saturated heterocycles. The fourth-order valence-electron chi connectivity index (χ4n) is 5.18. The molecule has 36 heavy (non-hydrogen) atoms. The molecule has 6 rings (SSSR count). The van der Waals surface area contributed by atoms with Crippen LogP contribution in [0.15, 0.2) is 115 Å². The SMILES string of the molecule is Cc1cc(C)c(-c2n(-c3ccc(-c4ccccc4)cc3-c3ccccc3)c3ccccc3[n+]2C)cn1. The molecule has 3 heteroatoms. The van der Waals surface area contributed by atoms with E-state index in [0.29, 0.717) is 0 Å². The monoisotopic (exact) mass is 466 g/mol. The molecule has 0 amide bonds. The Balaban J connectivity index is 1.70. The minimum Gasteiger partial charge on any atom is -0.261 e. The highest BCUT2D eigenvalue weighted by molar-refractivity contribution is 5.86. The zero-order valence-electron chi connectivity index (χ0n) is 20.8. The molecule has 0 atom stereocenters. The van der Waals surface area contributed by atoms with E-state index in [1.807, 2.05) is 13.1 Å². The quantitative estimate of drug-likeness (QED) is 0.247. The second-order valence-corrected chi connectivity index (χ2v) is 9.31. The third-order valence-corrected chi connectivity index (χ3v) is 6.93. The molecule has 0 aliphatic rings. The van der Waals surface area contributed by atoms with Gasteiger partial charge >= 0.3 is 0 Å². The third-order valence-electron chi connectivity index (χ3n) is 6.93. The van der Waals surface area contributed by atoms with Gasteiger partial charge in [-0.2, -0.15) is 4.57 Å². The minimum atomic E-state index is 1.03. The molecule has 2 aromatic heterocycles. The standard InChI is InChI=1S/C33H28N3/c1-23-20-24(2)34-22-29(23)33-35(3)31-16-10-11-17-32(31)36(33)30-19-18-27(25-12-6-4-7-13-25)21-28(30)26-14-8-5-9-15-26/h4-22H,1-3H3/q+1. The van der Waals surface area contributed by atoms with E-state index in [1.165, 1.54) is 38.9 Å². The molecule has 174 valence electrons. The first-order chi connectivity index (χ1) is 17.6. The van der Waals surface area contributed by atoms with Gasteiger partial charge in [0.2, 0.25) is 0 Å². The largest absolute Gasteiger partial charge is 0.296 e. The molecule has 0 fully saturated rings. The lowest BCUT2D eigenvalue weighted by Gasteiger charge is -2.13. The molecular formula is C33H28N3+. The summed E-state index contributed by atoms with van der Waals surface area (Å²) in [6, 6.07) is 38.8. The van der Waals surface area contributed by atoms with Crippen LogP contribution in [-0.2, 0) is 7.05 Å². The van der Waals surface area contributed by atoms with Crippen LogP contribution in [0.5, 0.6) is 0 Å². The van der Waals surface area contributed by atoms with Crippen molar-refractivity contribution in [2.75, 3.05) is 0 Å². The Morgan fingerprint density at radius 3 is 2.03 bits per heavy atom. The number of benzene rings is 4. The summed E-state index contributed by atoms with van der Waals surface area (Å²) < 4.78 is 4.68. The van der Waals surface area contributed by atoms with Gasteiger partial charge in [0.05, 0.1) is 12.6 Å². The maximum absolute atomic E-state index is 4.67. The van der Waals surface area contributed by atoms with Crippen molar-refractivity contribution in [3.8, 4) is 39.3 Å². The van der Waals surface area contributed by atoms with Crippen molar-refractivity contribution < 1.29 is 4.57 Å². The van der Waals surface area contributed by atoms with Gasteiger partial charge in [-0.05, 0) is 66.4 Å². The molecule has 0 N–H and O–H groups in total. The number of hydrogen-bond donors (Lipinski definition) is 0. The Hall–Kier alpha value is -4.50. The Labute approximate surface area is 212 Å². The van der Waals surface area contributed by atoms with Crippen molar-refractivity contribution in [3.63, 3.8) is 0 Å². The summed E-state index contributed by atoms with van der Waals surface area (Å²) in [6.07, 6.45) is 2.01. The van der Waals surface area contributed by atoms with E-state index in [1.54, 1.807) is 0 Å². The van der Waals surface area contributed by atoms with Gasteiger partial charge in [-0.25, -0.2) is 4.57 Å². The number of aryl methyl sites for hydroxylation is 3. The number of aromatic nitrogens is 3. The molecule has 6 aromatic rings. The highest BCUT2D eigenvalue weighted by Crippen LogP contribution is 2.36. The number of para-hydroxylation sites is 2. The predicted molar refractivity (Wildman–Crippen MR) is 148 cm³/mol. The average Bonchev–Trinajstić information content (AvgIpc) is 3.21. The highest BCUT2D eigenvalue weighted by Gasteiger charge is 2.29. The van der Waals surface area contributed by atoms with Crippen LogP contribution >= 0.6 is 0 Å². The van der Waals surface area contributed by atoms with Crippen molar-refractivity contribution in [1.29, 1.82) is 0 Å². The fourth-order valence-corrected chi connectivity index (χ4v) is 5.18. The number of fused-ring (bicyclic) bond motifs is 1. The Morgan fingerprint density at radius 2 is 1.31 bits per heavy atom. The smallest absolute Gasteiger partial charge is 0.261 e. The topological polar surface area (TPSA) is 21.7 Å². The lowest BCUT2D eigenvalue weighted by Crippen LogP contribution is -2.30. The molecule has 0 aliphatic carbocycles. The maximum atomic E-state index is 4.67. The van der Waals surface area contributed by atoms with Gasteiger partial charge in [-0.1, -0.05) is 78.9 Å². The van der Waals surface area contributed by atoms with Crippen LogP contribution in [0.4, 0.5) is 0 Å². The average molecular weight is 467 g/mol. The van der Waals surface area contributed by atoms with E-state index in [-0.39, 0.29) is 0 Å². The summed E-state index contributed by atoms with van der Waals surface area (Å²) >= 11 is 0. The number of pyridine rings is 1. The third kappa shape index (κ3) is 3.70. The van der Waals surface area contributed by atoms with Gasteiger partial charge in [0.15, 0.2) is 11.0 Å². The van der Waals surface area contributed by atoms with E-state index in [4.69, 9.17) is 0 Å². The molecule has 0 saturated carbocycles. The fraction of sp³-hybridized carbons (Fsp3) is 0.0909. The van der Waals surface area contributed by atoms with Gasteiger partial charge in [-0.15, -0.1) is 0 Å². The van der Waals surface area contributed by atoms with Crippen molar-refractivity contribution >= 4 is 11.0 Å². The second kappa shape index (κ2) is 8.94. The summed E-state index contributed by atoms with van der Waals surface area (Å²) in [4.78, 5) is 4.67. The lowest BCUT2D eigenvalue weighted by molar-refractivity contribution is -0.633. The van der Waals surface area contributed by atoms with Crippen molar-refractivity contribution in [1.82, 2.24) is 9.55 Å². The van der Waals surface area contributed by atoms with Crippen LogP contribution in [0.25, 0.3) is 50.4 Å². The van der Waals surface area contributed by atoms with Crippen LogP contribution in [0.2, 0.25) is 0 Å². The predicted octanol–water partition coefficient (Wildman–Crippen LogP) is 7.47. The summed E-state index contributed by atoms with van der Waals surface area (Å²) in [5, 5.41) is 0. The molecule has 2 heterocycles. The number of imidazole rings is 1. The first-order valence-corrected chi connectivity index (χ1v) is 12.3. The van der Waals surface area contributed by atoms with E-state index in [9.17, 15) is 0 Å². The first kappa shape index (κ1) is 22.0.